The summed E-state index contributed by atoms with van der Waals surface area (Å²) < 4.78 is 0. The average Bonchev–Trinajstić information content (AvgIpc) is 2.59. The van der Waals surface area contributed by atoms with Gasteiger partial charge < -0.3 is 10.4 Å². The minimum Gasteiger partial charge on any atom is -0.394 e. The smallest absolute Gasteiger partial charge is 0.261 e. The second-order valence-electron chi connectivity index (χ2n) is 4.54. The second-order valence-corrected chi connectivity index (χ2v) is 5.80. The molecule has 0 atom stereocenters. The van der Waals surface area contributed by atoms with Gasteiger partial charge in [0.05, 0.1) is 17.0 Å². The van der Waals surface area contributed by atoms with Crippen LogP contribution in [-0.2, 0) is 6.42 Å². The summed E-state index contributed by atoms with van der Waals surface area (Å²) in [6.45, 7) is 7.63. The normalized spacial score (nSPS) is 11.6. The summed E-state index contributed by atoms with van der Waals surface area (Å²) in [4.78, 5) is 13.8. The molecule has 0 aliphatic heterocycles. The first-order chi connectivity index (χ1) is 7.39. The van der Waals surface area contributed by atoms with E-state index < -0.39 is 5.54 Å². The lowest BCUT2D eigenvalue weighted by Crippen LogP contribution is -2.46. The zero-order valence-electron chi connectivity index (χ0n) is 10.3. The number of thiophene rings is 1. The summed E-state index contributed by atoms with van der Waals surface area (Å²) in [5.41, 5.74) is 0.651. The molecular formula is C12H19NO2S. The van der Waals surface area contributed by atoms with Gasteiger partial charge in [-0.15, -0.1) is 11.3 Å². The van der Waals surface area contributed by atoms with Crippen LogP contribution >= 0.6 is 11.3 Å². The summed E-state index contributed by atoms with van der Waals surface area (Å²) in [5.74, 6) is -0.105. The predicted molar refractivity (Wildman–Crippen MR) is 67.1 cm³/mol. The summed E-state index contributed by atoms with van der Waals surface area (Å²) >= 11 is 1.50. The van der Waals surface area contributed by atoms with Crippen LogP contribution in [0.2, 0.25) is 0 Å². The van der Waals surface area contributed by atoms with Crippen LogP contribution in [0, 0.1) is 6.92 Å². The predicted octanol–water partition coefficient (Wildman–Crippen LogP) is 2.12. The Kier molecular flexibility index (Phi) is 4.10. The number of hydrogen-bond acceptors (Lipinski definition) is 3. The molecule has 1 heterocycles. The quantitative estimate of drug-likeness (QED) is 0.848. The minimum absolute atomic E-state index is 0.0657. The maximum absolute atomic E-state index is 11.9. The van der Waals surface area contributed by atoms with E-state index in [4.69, 9.17) is 5.11 Å². The summed E-state index contributed by atoms with van der Waals surface area (Å²) in [5, 5.41) is 11.9. The lowest BCUT2D eigenvalue weighted by atomic mass is 10.1. The van der Waals surface area contributed by atoms with Crippen LogP contribution in [0.4, 0.5) is 0 Å². The van der Waals surface area contributed by atoms with Crippen LogP contribution in [0.5, 0.6) is 0 Å². The van der Waals surface area contributed by atoms with Crippen molar-refractivity contribution in [3.8, 4) is 0 Å². The Hall–Kier alpha value is -0.870. The number of aliphatic hydroxyl groups excluding tert-OH is 1. The van der Waals surface area contributed by atoms with E-state index in [9.17, 15) is 4.79 Å². The van der Waals surface area contributed by atoms with Crippen molar-refractivity contribution in [1.82, 2.24) is 5.32 Å². The fourth-order valence-corrected chi connectivity index (χ4v) is 2.40. The molecule has 1 aromatic heterocycles. The van der Waals surface area contributed by atoms with Crippen LogP contribution < -0.4 is 5.32 Å². The number of aryl methyl sites for hydroxylation is 2. The molecule has 1 amide bonds. The van der Waals surface area contributed by atoms with E-state index in [1.165, 1.54) is 21.8 Å². The Labute approximate surface area is 100 Å². The number of aliphatic hydroxyl groups is 1. The molecule has 0 aliphatic carbocycles. The van der Waals surface area contributed by atoms with Crippen molar-refractivity contribution >= 4 is 17.2 Å². The zero-order valence-corrected chi connectivity index (χ0v) is 11.1. The van der Waals surface area contributed by atoms with Gasteiger partial charge in [-0.3, -0.25) is 4.79 Å². The molecule has 4 heteroatoms. The number of amides is 1. The van der Waals surface area contributed by atoms with Gasteiger partial charge in [-0.05, 0) is 38.8 Å². The van der Waals surface area contributed by atoms with Crippen molar-refractivity contribution in [2.24, 2.45) is 0 Å². The molecule has 0 aliphatic rings. The van der Waals surface area contributed by atoms with E-state index in [2.05, 4.69) is 12.2 Å². The van der Waals surface area contributed by atoms with Crippen molar-refractivity contribution < 1.29 is 9.90 Å². The highest BCUT2D eigenvalue weighted by molar-refractivity contribution is 7.14. The fourth-order valence-electron chi connectivity index (χ4n) is 1.39. The molecule has 0 fully saturated rings. The van der Waals surface area contributed by atoms with Crippen molar-refractivity contribution in [1.29, 1.82) is 0 Å². The first-order valence-corrected chi connectivity index (χ1v) is 6.24. The zero-order chi connectivity index (χ0) is 12.3. The van der Waals surface area contributed by atoms with E-state index in [1.54, 1.807) is 13.8 Å². The number of carbonyl (C=O) groups excluding carboxylic acids is 1. The van der Waals surface area contributed by atoms with Crippen LogP contribution in [-0.4, -0.2) is 23.2 Å². The lowest BCUT2D eigenvalue weighted by Gasteiger charge is -2.22. The Morgan fingerprint density at radius 3 is 2.62 bits per heavy atom. The first kappa shape index (κ1) is 13.2. The topological polar surface area (TPSA) is 49.3 Å². The van der Waals surface area contributed by atoms with Gasteiger partial charge in [-0.25, -0.2) is 0 Å². The maximum atomic E-state index is 11.9. The van der Waals surface area contributed by atoms with Gasteiger partial charge in [0, 0.05) is 4.88 Å². The van der Waals surface area contributed by atoms with Crippen molar-refractivity contribution in [3.63, 3.8) is 0 Å². The van der Waals surface area contributed by atoms with Gasteiger partial charge in [0.1, 0.15) is 0 Å². The van der Waals surface area contributed by atoms with E-state index in [0.717, 1.165) is 11.3 Å². The molecule has 0 saturated carbocycles. The van der Waals surface area contributed by atoms with Crippen molar-refractivity contribution in [3.05, 3.63) is 21.4 Å². The Bertz CT molecular complexity index is 382. The number of carbonyl (C=O) groups is 1. The molecule has 0 aromatic carbocycles. The molecular weight excluding hydrogens is 222 g/mol. The van der Waals surface area contributed by atoms with Gasteiger partial charge in [-0.2, -0.15) is 0 Å². The number of rotatable bonds is 4. The lowest BCUT2D eigenvalue weighted by molar-refractivity contribution is 0.0873. The Morgan fingerprint density at radius 2 is 2.19 bits per heavy atom. The van der Waals surface area contributed by atoms with Gasteiger partial charge in [0.2, 0.25) is 0 Å². The van der Waals surface area contributed by atoms with Gasteiger partial charge in [0.15, 0.2) is 0 Å². The van der Waals surface area contributed by atoms with Crippen LogP contribution in [0.15, 0.2) is 6.07 Å². The minimum atomic E-state index is -0.568. The highest BCUT2D eigenvalue weighted by Gasteiger charge is 2.21. The van der Waals surface area contributed by atoms with Crippen LogP contribution in [0.1, 0.15) is 40.9 Å². The molecule has 3 nitrogen and oxygen atoms in total. The fraction of sp³-hybridized carbons (Fsp3) is 0.583. The largest absolute Gasteiger partial charge is 0.394 e. The van der Waals surface area contributed by atoms with E-state index >= 15 is 0 Å². The monoisotopic (exact) mass is 241 g/mol. The third kappa shape index (κ3) is 3.06. The van der Waals surface area contributed by atoms with Crippen LogP contribution in [0.25, 0.3) is 0 Å². The molecule has 0 saturated heterocycles. The second kappa shape index (κ2) is 4.97. The van der Waals surface area contributed by atoms with E-state index in [-0.39, 0.29) is 12.5 Å². The van der Waals surface area contributed by atoms with Crippen molar-refractivity contribution in [2.75, 3.05) is 6.61 Å². The standard InChI is InChI=1S/C12H19NO2S/c1-5-9-6-10(16-8(9)2)11(15)13-12(3,4)7-14/h6,14H,5,7H2,1-4H3,(H,13,15). The van der Waals surface area contributed by atoms with Crippen LogP contribution in [0.3, 0.4) is 0 Å². The SMILES string of the molecule is CCc1cc(C(=O)NC(C)(C)CO)sc1C. The van der Waals surface area contributed by atoms with Crippen molar-refractivity contribution in [2.45, 2.75) is 39.7 Å². The van der Waals surface area contributed by atoms with E-state index in [1.807, 2.05) is 13.0 Å². The molecule has 0 unspecified atom stereocenters. The van der Waals surface area contributed by atoms with Gasteiger partial charge in [0.25, 0.3) is 5.91 Å². The molecule has 16 heavy (non-hydrogen) atoms. The molecule has 0 bridgehead atoms. The molecule has 0 radical (unpaired) electrons. The number of hydrogen-bond donors (Lipinski definition) is 2. The molecule has 90 valence electrons. The molecule has 1 aromatic rings. The first-order valence-electron chi connectivity index (χ1n) is 5.42. The van der Waals surface area contributed by atoms with Gasteiger partial charge in [-0.1, -0.05) is 6.92 Å². The Morgan fingerprint density at radius 1 is 1.56 bits per heavy atom. The summed E-state index contributed by atoms with van der Waals surface area (Å²) in [7, 11) is 0. The third-order valence-corrected chi connectivity index (χ3v) is 3.56. The third-order valence-electron chi connectivity index (χ3n) is 2.47. The maximum Gasteiger partial charge on any atom is 0.261 e. The van der Waals surface area contributed by atoms with E-state index in [0.29, 0.717) is 0 Å². The highest BCUT2D eigenvalue weighted by Crippen LogP contribution is 2.22. The highest BCUT2D eigenvalue weighted by atomic mass is 32.1. The Balaban J connectivity index is 2.81. The summed E-state index contributed by atoms with van der Waals surface area (Å²) in [6, 6.07) is 1.93. The molecule has 2 N–H and O–H groups in total. The number of nitrogens with one attached hydrogen (secondary N) is 1. The summed E-state index contributed by atoms with van der Waals surface area (Å²) in [6.07, 6.45) is 0.943. The molecule has 1 rings (SSSR count). The molecule has 0 spiro atoms. The van der Waals surface area contributed by atoms with Gasteiger partial charge >= 0.3 is 0 Å². The average molecular weight is 241 g/mol.